The van der Waals surface area contributed by atoms with Gasteiger partial charge in [0.1, 0.15) is 5.75 Å². The van der Waals surface area contributed by atoms with E-state index in [2.05, 4.69) is 6.07 Å². The van der Waals surface area contributed by atoms with Gasteiger partial charge in [-0.15, -0.1) is 0 Å². The lowest BCUT2D eigenvalue weighted by Crippen LogP contribution is -1.86. The predicted molar refractivity (Wildman–Crippen MR) is 73.2 cm³/mol. The average Bonchev–Trinajstić information content (AvgIpc) is 2.26. The van der Waals surface area contributed by atoms with E-state index < -0.39 is 0 Å². The molecule has 0 unspecified atom stereocenters. The van der Waals surface area contributed by atoms with Crippen molar-refractivity contribution in [2.24, 2.45) is 0 Å². The van der Waals surface area contributed by atoms with Crippen molar-refractivity contribution in [2.75, 3.05) is 7.11 Å². The normalized spacial score (nSPS) is 10.4. The average molecular weight is 267 g/mol. The summed E-state index contributed by atoms with van der Waals surface area (Å²) < 4.78 is 5.25. The van der Waals surface area contributed by atoms with Gasteiger partial charge in [-0.1, -0.05) is 29.3 Å². The third-order valence-electron chi connectivity index (χ3n) is 2.48. The maximum absolute atomic E-state index is 6.00. The van der Waals surface area contributed by atoms with E-state index >= 15 is 0 Å². The first-order valence-corrected chi connectivity index (χ1v) is 5.96. The van der Waals surface area contributed by atoms with Gasteiger partial charge in [0, 0.05) is 10.0 Å². The molecule has 1 nitrogen and oxygen atoms in total. The molecule has 0 saturated heterocycles. The maximum atomic E-state index is 6.00. The monoisotopic (exact) mass is 266 g/mol. The summed E-state index contributed by atoms with van der Waals surface area (Å²) in [5, 5.41) is 1.26. The zero-order chi connectivity index (χ0) is 12.4. The number of hydrogen-bond acceptors (Lipinski definition) is 1. The van der Waals surface area contributed by atoms with Gasteiger partial charge in [-0.05, 0) is 53.9 Å². The van der Waals surface area contributed by atoms with E-state index in [1.165, 1.54) is 0 Å². The number of methoxy groups -OCH3 is 1. The number of hydrogen-bond donors (Lipinski definition) is 0. The molecule has 0 N–H and O–H groups in total. The molecule has 0 saturated carbocycles. The lowest BCUT2D eigenvalue weighted by molar-refractivity contribution is 0.414. The van der Waals surface area contributed by atoms with Gasteiger partial charge in [-0.3, -0.25) is 0 Å². The van der Waals surface area contributed by atoms with Crippen LogP contribution >= 0.6 is 23.2 Å². The van der Waals surface area contributed by atoms with Crippen molar-refractivity contribution in [3.05, 3.63) is 52.0 Å². The highest BCUT2D eigenvalue weighted by atomic mass is 35.5. The molecule has 0 fully saturated rings. The minimum Gasteiger partial charge on any atom is -0.497 e. The molecule has 2 rings (SSSR count). The molecule has 0 aliphatic carbocycles. The van der Waals surface area contributed by atoms with E-state index in [0.717, 1.165) is 22.4 Å². The van der Waals surface area contributed by atoms with Crippen LogP contribution in [0.5, 0.6) is 5.75 Å². The zero-order valence-corrected chi connectivity index (χ0v) is 11.1. The van der Waals surface area contributed by atoms with Crippen molar-refractivity contribution in [3.63, 3.8) is 0 Å². The molecule has 0 atom stereocenters. The van der Waals surface area contributed by atoms with Crippen LogP contribution in [0.1, 0.15) is 5.56 Å². The lowest BCUT2D eigenvalue weighted by Gasteiger charge is -2.08. The first-order chi connectivity index (χ1) is 8.08. The molecule has 2 aromatic carbocycles. The molecule has 0 spiro atoms. The van der Waals surface area contributed by atoms with Crippen LogP contribution in [0, 0.1) is 6.92 Å². The summed E-state index contributed by atoms with van der Waals surface area (Å²) in [5.74, 6) is 0.830. The number of aryl methyl sites for hydroxylation is 1. The van der Waals surface area contributed by atoms with Crippen molar-refractivity contribution < 1.29 is 4.74 Å². The van der Waals surface area contributed by atoms with Crippen LogP contribution in [0.4, 0.5) is 0 Å². The summed E-state index contributed by atoms with van der Waals surface area (Å²) >= 11 is 12.0. The largest absolute Gasteiger partial charge is 0.497 e. The summed E-state index contributed by atoms with van der Waals surface area (Å²) in [6.07, 6.45) is 0. The Balaban J connectivity index is 2.55. The minimum absolute atomic E-state index is 0.632. The van der Waals surface area contributed by atoms with Crippen LogP contribution in [-0.4, -0.2) is 7.11 Å². The van der Waals surface area contributed by atoms with Crippen molar-refractivity contribution >= 4 is 23.2 Å². The second-order valence-electron chi connectivity index (χ2n) is 3.90. The standard InChI is InChI=1S/C14H12Cl2O/c1-9-3-10(7-14(4-9)17-2)11-5-12(15)8-13(16)6-11/h3-8H,1-2H3. The van der Waals surface area contributed by atoms with Crippen LogP contribution in [0.3, 0.4) is 0 Å². The maximum Gasteiger partial charge on any atom is 0.119 e. The number of benzene rings is 2. The Morgan fingerprint density at radius 1 is 0.824 bits per heavy atom. The Hall–Kier alpha value is -1.18. The summed E-state index contributed by atoms with van der Waals surface area (Å²) in [7, 11) is 1.66. The van der Waals surface area contributed by atoms with E-state index in [0.29, 0.717) is 10.0 Å². The third-order valence-corrected chi connectivity index (χ3v) is 2.92. The van der Waals surface area contributed by atoms with E-state index in [4.69, 9.17) is 27.9 Å². The molecule has 17 heavy (non-hydrogen) atoms. The Labute approximate surface area is 111 Å². The molecule has 0 radical (unpaired) electrons. The highest BCUT2D eigenvalue weighted by Crippen LogP contribution is 2.30. The first kappa shape index (κ1) is 12.3. The molecule has 0 heterocycles. The van der Waals surface area contributed by atoms with Gasteiger partial charge in [0.2, 0.25) is 0 Å². The first-order valence-electron chi connectivity index (χ1n) is 5.20. The zero-order valence-electron chi connectivity index (χ0n) is 9.63. The predicted octanol–water partition coefficient (Wildman–Crippen LogP) is 4.98. The second kappa shape index (κ2) is 4.99. The van der Waals surface area contributed by atoms with E-state index in [-0.39, 0.29) is 0 Å². The topological polar surface area (TPSA) is 9.23 Å². The quantitative estimate of drug-likeness (QED) is 0.745. The van der Waals surface area contributed by atoms with Gasteiger partial charge in [-0.25, -0.2) is 0 Å². The highest BCUT2D eigenvalue weighted by Gasteiger charge is 2.04. The molecule has 0 bridgehead atoms. The van der Waals surface area contributed by atoms with Crippen molar-refractivity contribution in [3.8, 4) is 16.9 Å². The Morgan fingerprint density at radius 2 is 1.41 bits per heavy atom. The van der Waals surface area contributed by atoms with E-state index in [1.807, 2.05) is 31.2 Å². The van der Waals surface area contributed by atoms with Crippen LogP contribution in [0.15, 0.2) is 36.4 Å². The minimum atomic E-state index is 0.632. The van der Waals surface area contributed by atoms with Crippen molar-refractivity contribution in [2.45, 2.75) is 6.92 Å². The van der Waals surface area contributed by atoms with Gasteiger partial charge in [0.05, 0.1) is 7.11 Å². The van der Waals surface area contributed by atoms with Crippen LogP contribution < -0.4 is 4.74 Å². The smallest absolute Gasteiger partial charge is 0.119 e. The molecule has 88 valence electrons. The number of halogens is 2. The van der Waals surface area contributed by atoms with Gasteiger partial charge in [-0.2, -0.15) is 0 Å². The molecule has 0 aliphatic rings. The second-order valence-corrected chi connectivity index (χ2v) is 4.77. The van der Waals surface area contributed by atoms with Crippen LogP contribution in [-0.2, 0) is 0 Å². The van der Waals surface area contributed by atoms with Gasteiger partial charge < -0.3 is 4.74 Å². The molecule has 0 aliphatic heterocycles. The van der Waals surface area contributed by atoms with Crippen molar-refractivity contribution in [1.82, 2.24) is 0 Å². The molecule has 0 aromatic heterocycles. The number of ether oxygens (including phenoxy) is 1. The lowest BCUT2D eigenvalue weighted by atomic mass is 10.0. The fraction of sp³-hybridized carbons (Fsp3) is 0.143. The molecular weight excluding hydrogens is 255 g/mol. The Bertz CT molecular complexity index is 530. The van der Waals surface area contributed by atoms with Gasteiger partial charge in [0.15, 0.2) is 0 Å². The molecular formula is C14H12Cl2O. The third kappa shape index (κ3) is 2.93. The molecule has 3 heteroatoms. The number of rotatable bonds is 2. The van der Waals surface area contributed by atoms with Gasteiger partial charge in [0.25, 0.3) is 0 Å². The summed E-state index contributed by atoms with van der Waals surface area (Å²) in [4.78, 5) is 0. The summed E-state index contributed by atoms with van der Waals surface area (Å²) in [6.45, 7) is 2.03. The summed E-state index contributed by atoms with van der Waals surface area (Å²) in [6, 6.07) is 11.5. The fourth-order valence-electron chi connectivity index (χ4n) is 1.75. The van der Waals surface area contributed by atoms with Crippen LogP contribution in [0.2, 0.25) is 10.0 Å². The summed E-state index contributed by atoms with van der Waals surface area (Å²) in [5.41, 5.74) is 3.17. The van der Waals surface area contributed by atoms with Crippen molar-refractivity contribution in [1.29, 1.82) is 0 Å². The van der Waals surface area contributed by atoms with E-state index in [1.54, 1.807) is 13.2 Å². The van der Waals surface area contributed by atoms with Gasteiger partial charge >= 0.3 is 0 Å². The SMILES string of the molecule is COc1cc(C)cc(-c2cc(Cl)cc(Cl)c2)c1. The van der Waals surface area contributed by atoms with Crippen LogP contribution in [0.25, 0.3) is 11.1 Å². The molecule has 2 aromatic rings. The Morgan fingerprint density at radius 3 is 2.00 bits per heavy atom. The highest BCUT2D eigenvalue weighted by molar-refractivity contribution is 6.35. The molecule has 0 amide bonds. The Kier molecular flexibility index (Phi) is 3.60. The van der Waals surface area contributed by atoms with E-state index in [9.17, 15) is 0 Å². The fourth-order valence-corrected chi connectivity index (χ4v) is 2.28.